The van der Waals surface area contributed by atoms with Gasteiger partial charge in [0.15, 0.2) is 0 Å². The summed E-state index contributed by atoms with van der Waals surface area (Å²) in [6.45, 7) is 0.553. The number of benzene rings is 1. The molecule has 0 bridgehead atoms. The number of carbonyl (C=O) groups is 1. The van der Waals surface area contributed by atoms with E-state index in [1.54, 1.807) is 12.1 Å². The van der Waals surface area contributed by atoms with Gasteiger partial charge in [-0.25, -0.2) is 4.79 Å². The monoisotopic (exact) mass is 272 g/mol. The highest BCUT2D eigenvalue weighted by molar-refractivity contribution is 9.10. The van der Waals surface area contributed by atoms with E-state index in [0.717, 1.165) is 10.2 Å². The molecule has 1 aromatic rings. The molecule has 15 heavy (non-hydrogen) atoms. The van der Waals surface area contributed by atoms with Crippen molar-refractivity contribution in [2.75, 3.05) is 18.5 Å². The van der Waals surface area contributed by atoms with E-state index in [4.69, 9.17) is 5.11 Å². The summed E-state index contributed by atoms with van der Waals surface area (Å²) < 4.78 is 0.966. The van der Waals surface area contributed by atoms with Crippen LogP contribution in [-0.4, -0.2) is 24.3 Å². The maximum absolute atomic E-state index is 11.3. The average molecular weight is 273 g/mol. The van der Waals surface area contributed by atoms with Gasteiger partial charge in [-0.1, -0.05) is 15.9 Å². The lowest BCUT2D eigenvalue weighted by molar-refractivity contribution is 0.249. The number of rotatable bonds is 4. The Hall–Kier alpha value is -1.07. The molecule has 0 saturated carbocycles. The first-order chi connectivity index (χ1) is 7.22. The van der Waals surface area contributed by atoms with Gasteiger partial charge in [-0.2, -0.15) is 0 Å². The zero-order chi connectivity index (χ0) is 11.1. The van der Waals surface area contributed by atoms with E-state index in [2.05, 4.69) is 26.6 Å². The van der Waals surface area contributed by atoms with E-state index in [1.165, 1.54) is 0 Å². The molecule has 4 nitrogen and oxygen atoms in total. The zero-order valence-corrected chi connectivity index (χ0v) is 9.75. The van der Waals surface area contributed by atoms with Gasteiger partial charge in [-0.3, -0.25) is 0 Å². The molecule has 1 rings (SSSR count). The van der Waals surface area contributed by atoms with Crippen LogP contribution in [0.25, 0.3) is 0 Å². The minimum absolute atomic E-state index is 0.0819. The van der Waals surface area contributed by atoms with E-state index >= 15 is 0 Å². The normalized spacial score (nSPS) is 9.73. The lowest BCUT2D eigenvalue weighted by atomic mass is 10.3. The number of anilines is 1. The summed E-state index contributed by atoms with van der Waals surface area (Å²) in [6.07, 6.45) is 0.563. The Balaban J connectivity index is 2.34. The van der Waals surface area contributed by atoms with Gasteiger partial charge < -0.3 is 15.7 Å². The SMILES string of the molecule is O=C(NCCCO)Nc1ccc(Br)cc1. The second-order valence-corrected chi connectivity index (χ2v) is 3.88. The summed E-state index contributed by atoms with van der Waals surface area (Å²) in [5.74, 6) is 0. The smallest absolute Gasteiger partial charge is 0.319 e. The quantitative estimate of drug-likeness (QED) is 0.734. The summed E-state index contributed by atoms with van der Waals surface area (Å²) in [4.78, 5) is 11.3. The highest BCUT2D eigenvalue weighted by atomic mass is 79.9. The molecule has 1 aromatic carbocycles. The predicted octanol–water partition coefficient (Wildman–Crippen LogP) is 1.95. The van der Waals surface area contributed by atoms with Gasteiger partial charge >= 0.3 is 6.03 Å². The van der Waals surface area contributed by atoms with Gasteiger partial charge in [0.25, 0.3) is 0 Å². The zero-order valence-electron chi connectivity index (χ0n) is 8.16. The first kappa shape index (κ1) is 12.0. The molecule has 0 aliphatic heterocycles. The summed E-state index contributed by atoms with van der Waals surface area (Å²) in [7, 11) is 0. The van der Waals surface area contributed by atoms with E-state index in [0.29, 0.717) is 13.0 Å². The number of nitrogens with one attached hydrogen (secondary N) is 2. The van der Waals surface area contributed by atoms with Crippen molar-refractivity contribution in [3.8, 4) is 0 Å². The van der Waals surface area contributed by atoms with Gasteiger partial charge in [0.05, 0.1) is 0 Å². The molecule has 2 amide bonds. The first-order valence-electron chi connectivity index (χ1n) is 4.63. The van der Waals surface area contributed by atoms with Crippen LogP contribution in [0.4, 0.5) is 10.5 Å². The second kappa shape index (κ2) is 6.42. The van der Waals surface area contributed by atoms with Crippen molar-refractivity contribution in [2.24, 2.45) is 0 Å². The van der Waals surface area contributed by atoms with Crippen molar-refractivity contribution >= 4 is 27.6 Å². The molecule has 0 unspecified atom stereocenters. The van der Waals surface area contributed by atoms with Crippen LogP contribution in [0.1, 0.15) is 6.42 Å². The van der Waals surface area contributed by atoms with Crippen LogP contribution in [-0.2, 0) is 0 Å². The van der Waals surface area contributed by atoms with Gasteiger partial charge in [-0.05, 0) is 30.7 Å². The molecule has 82 valence electrons. The highest BCUT2D eigenvalue weighted by Crippen LogP contribution is 2.13. The van der Waals surface area contributed by atoms with Gasteiger partial charge in [0, 0.05) is 23.3 Å². The lowest BCUT2D eigenvalue weighted by Crippen LogP contribution is -2.29. The summed E-state index contributed by atoms with van der Waals surface area (Å²) in [5.41, 5.74) is 0.736. The molecule has 0 saturated heterocycles. The average Bonchev–Trinajstić information content (AvgIpc) is 2.22. The minimum atomic E-state index is -0.259. The number of carbonyl (C=O) groups excluding carboxylic acids is 1. The Morgan fingerprint density at radius 1 is 1.33 bits per heavy atom. The third kappa shape index (κ3) is 4.80. The van der Waals surface area contributed by atoms with Crippen LogP contribution in [0.2, 0.25) is 0 Å². The van der Waals surface area contributed by atoms with Crippen molar-refractivity contribution in [3.63, 3.8) is 0 Å². The molecule has 0 aromatic heterocycles. The van der Waals surface area contributed by atoms with Gasteiger partial charge in [-0.15, -0.1) is 0 Å². The van der Waals surface area contributed by atoms with Crippen molar-refractivity contribution in [1.82, 2.24) is 5.32 Å². The number of halogens is 1. The van der Waals surface area contributed by atoms with E-state index < -0.39 is 0 Å². The van der Waals surface area contributed by atoms with E-state index in [-0.39, 0.29) is 12.6 Å². The van der Waals surface area contributed by atoms with E-state index in [9.17, 15) is 4.79 Å². The Morgan fingerprint density at radius 2 is 2.00 bits per heavy atom. The fraction of sp³-hybridized carbons (Fsp3) is 0.300. The molecular weight excluding hydrogens is 260 g/mol. The number of hydrogen-bond donors (Lipinski definition) is 3. The second-order valence-electron chi connectivity index (χ2n) is 2.96. The molecule has 0 aliphatic rings. The topological polar surface area (TPSA) is 61.4 Å². The Labute approximate surface area is 96.8 Å². The van der Waals surface area contributed by atoms with Crippen LogP contribution in [0, 0.1) is 0 Å². The third-order valence-electron chi connectivity index (χ3n) is 1.72. The summed E-state index contributed by atoms with van der Waals surface area (Å²) in [6, 6.07) is 7.05. The van der Waals surface area contributed by atoms with Crippen LogP contribution in [0.3, 0.4) is 0 Å². The van der Waals surface area contributed by atoms with Gasteiger partial charge in [0.2, 0.25) is 0 Å². The maximum atomic E-state index is 11.3. The predicted molar refractivity (Wildman–Crippen MR) is 62.9 cm³/mol. The molecule has 0 aliphatic carbocycles. The first-order valence-corrected chi connectivity index (χ1v) is 5.43. The highest BCUT2D eigenvalue weighted by Gasteiger charge is 1.99. The van der Waals surface area contributed by atoms with E-state index in [1.807, 2.05) is 12.1 Å². The van der Waals surface area contributed by atoms with Crippen molar-refractivity contribution in [2.45, 2.75) is 6.42 Å². The Kier molecular flexibility index (Phi) is 5.14. The van der Waals surface area contributed by atoms with Crippen LogP contribution >= 0.6 is 15.9 Å². The Morgan fingerprint density at radius 3 is 2.60 bits per heavy atom. The molecule has 0 spiro atoms. The fourth-order valence-electron chi connectivity index (χ4n) is 0.989. The molecular formula is C10H13BrN2O2. The third-order valence-corrected chi connectivity index (χ3v) is 2.25. The number of aliphatic hydroxyl groups is 1. The molecule has 0 atom stereocenters. The fourth-order valence-corrected chi connectivity index (χ4v) is 1.25. The largest absolute Gasteiger partial charge is 0.396 e. The number of urea groups is 1. The molecule has 3 N–H and O–H groups in total. The standard InChI is InChI=1S/C10H13BrN2O2/c11-8-2-4-9(5-3-8)13-10(15)12-6-1-7-14/h2-5,14H,1,6-7H2,(H2,12,13,15). The number of aliphatic hydroxyl groups excluding tert-OH is 1. The summed E-state index contributed by atoms with van der Waals surface area (Å²) >= 11 is 3.31. The molecule has 0 heterocycles. The van der Waals surface area contributed by atoms with Crippen molar-refractivity contribution in [1.29, 1.82) is 0 Å². The van der Waals surface area contributed by atoms with Crippen LogP contribution in [0.5, 0.6) is 0 Å². The van der Waals surface area contributed by atoms with Gasteiger partial charge in [0.1, 0.15) is 0 Å². The number of hydrogen-bond acceptors (Lipinski definition) is 2. The van der Waals surface area contributed by atoms with Crippen LogP contribution < -0.4 is 10.6 Å². The van der Waals surface area contributed by atoms with Crippen molar-refractivity contribution in [3.05, 3.63) is 28.7 Å². The molecule has 0 fully saturated rings. The minimum Gasteiger partial charge on any atom is -0.396 e. The summed E-state index contributed by atoms with van der Waals surface area (Å²) in [5, 5.41) is 13.8. The van der Waals surface area contributed by atoms with Crippen LogP contribution in [0.15, 0.2) is 28.7 Å². The van der Waals surface area contributed by atoms with Crippen molar-refractivity contribution < 1.29 is 9.90 Å². The molecule has 0 radical (unpaired) electrons. The maximum Gasteiger partial charge on any atom is 0.319 e. The number of amides is 2. The Bertz CT molecular complexity index is 314. The lowest BCUT2D eigenvalue weighted by Gasteiger charge is -2.06. The molecule has 5 heteroatoms.